The van der Waals surface area contributed by atoms with E-state index in [-0.39, 0.29) is 17.7 Å². The molecule has 2 aromatic rings. The minimum absolute atomic E-state index is 0.0470. The second-order valence-corrected chi connectivity index (χ2v) is 9.14. The Morgan fingerprint density at radius 2 is 1.74 bits per heavy atom. The number of amides is 1. The highest BCUT2D eigenvalue weighted by Crippen LogP contribution is 2.30. The molecule has 2 fully saturated rings. The summed E-state index contributed by atoms with van der Waals surface area (Å²) < 4.78 is 5.51. The van der Waals surface area contributed by atoms with Gasteiger partial charge in [0.05, 0.1) is 18.7 Å². The van der Waals surface area contributed by atoms with Crippen molar-refractivity contribution in [3.63, 3.8) is 0 Å². The molecule has 1 aliphatic carbocycles. The summed E-state index contributed by atoms with van der Waals surface area (Å²) >= 11 is 0. The second-order valence-electron chi connectivity index (χ2n) is 9.14. The topological polar surface area (TPSA) is 95.0 Å². The average molecular weight is 467 g/mol. The number of rotatable bonds is 8. The van der Waals surface area contributed by atoms with Gasteiger partial charge in [0.25, 0.3) is 0 Å². The Balaban J connectivity index is 1.28. The third-order valence-corrected chi connectivity index (χ3v) is 7.08. The predicted molar refractivity (Wildman–Crippen MR) is 131 cm³/mol. The van der Waals surface area contributed by atoms with Gasteiger partial charge in [-0.25, -0.2) is 4.98 Å². The Morgan fingerprint density at radius 1 is 1.03 bits per heavy atom. The van der Waals surface area contributed by atoms with E-state index in [0.29, 0.717) is 31.5 Å². The molecule has 182 valence electrons. The maximum absolute atomic E-state index is 12.8. The van der Waals surface area contributed by atoms with Crippen LogP contribution in [0.3, 0.4) is 0 Å². The normalized spacial score (nSPS) is 21.1. The predicted octanol–water partition coefficient (Wildman–Crippen LogP) is 3.28. The molecule has 1 saturated carbocycles. The van der Waals surface area contributed by atoms with Crippen LogP contribution in [0.15, 0.2) is 42.6 Å². The molecule has 1 aromatic carbocycles. The highest BCUT2D eigenvalue weighted by Gasteiger charge is 2.30. The number of carboxylic acids is 1. The molecular formula is C26H34N4O4. The molecule has 34 heavy (non-hydrogen) atoms. The summed E-state index contributed by atoms with van der Waals surface area (Å²) in [7, 11) is 1.71. The molecule has 0 unspecified atom stereocenters. The van der Waals surface area contributed by atoms with E-state index in [1.54, 1.807) is 13.3 Å². The van der Waals surface area contributed by atoms with E-state index >= 15 is 0 Å². The average Bonchev–Trinajstić information content (AvgIpc) is 2.88. The number of carbonyl (C=O) groups excluding carboxylic acids is 1. The van der Waals surface area contributed by atoms with Crippen molar-refractivity contribution in [2.24, 2.45) is 11.8 Å². The molecule has 0 spiro atoms. The van der Waals surface area contributed by atoms with Gasteiger partial charge in [0.1, 0.15) is 11.6 Å². The lowest BCUT2D eigenvalue weighted by molar-refractivity contribution is -0.143. The number of aliphatic carboxylic acids is 1. The van der Waals surface area contributed by atoms with Gasteiger partial charge in [-0.2, -0.15) is 0 Å². The number of nitrogens with zero attached hydrogens (tertiary/aromatic N) is 3. The number of hydrogen-bond donors (Lipinski definition) is 2. The number of aromatic nitrogens is 1. The number of piperazine rings is 1. The van der Waals surface area contributed by atoms with Gasteiger partial charge in [0, 0.05) is 44.8 Å². The van der Waals surface area contributed by atoms with E-state index in [1.165, 1.54) is 0 Å². The molecule has 2 N–H and O–H groups in total. The Kier molecular flexibility index (Phi) is 8.00. The molecule has 8 heteroatoms. The van der Waals surface area contributed by atoms with Crippen molar-refractivity contribution in [2.45, 2.75) is 32.1 Å². The summed E-state index contributed by atoms with van der Waals surface area (Å²) in [6, 6.07) is 12.1. The fourth-order valence-corrected chi connectivity index (χ4v) is 4.96. The first-order valence-electron chi connectivity index (χ1n) is 12.1. The van der Waals surface area contributed by atoms with Crippen LogP contribution in [0, 0.1) is 11.8 Å². The largest absolute Gasteiger partial charge is 0.495 e. The number of pyridine rings is 1. The van der Waals surface area contributed by atoms with Crippen molar-refractivity contribution in [3.8, 4) is 5.75 Å². The lowest BCUT2D eigenvalue weighted by atomic mass is 9.81. The number of hydrogen-bond acceptors (Lipinski definition) is 6. The van der Waals surface area contributed by atoms with Crippen LogP contribution in [0.1, 0.15) is 31.2 Å². The smallest absolute Gasteiger partial charge is 0.306 e. The van der Waals surface area contributed by atoms with Crippen molar-refractivity contribution >= 4 is 23.4 Å². The Labute approximate surface area is 200 Å². The Morgan fingerprint density at radius 3 is 2.44 bits per heavy atom. The van der Waals surface area contributed by atoms with E-state index in [9.17, 15) is 14.7 Å². The van der Waals surface area contributed by atoms with Gasteiger partial charge in [-0.05, 0) is 55.9 Å². The van der Waals surface area contributed by atoms with Crippen LogP contribution >= 0.6 is 0 Å². The van der Waals surface area contributed by atoms with Crippen LogP contribution < -0.4 is 15.0 Å². The number of nitrogens with one attached hydrogen (secondary N) is 1. The van der Waals surface area contributed by atoms with E-state index in [4.69, 9.17) is 4.74 Å². The van der Waals surface area contributed by atoms with Crippen molar-refractivity contribution in [1.82, 2.24) is 9.88 Å². The van der Waals surface area contributed by atoms with Crippen LogP contribution in [-0.2, 0) is 16.0 Å². The minimum Gasteiger partial charge on any atom is -0.495 e. The molecule has 2 heterocycles. The van der Waals surface area contributed by atoms with Crippen LogP contribution in [0.25, 0.3) is 0 Å². The number of methoxy groups -OCH3 is 1. The van der Waals surface area contributed by atoms with Gasteiger partial charge < -0.3 is 20.1 Å². The van der Waals surface area contributed by atoms with Crippen molar-refractivity contribution < 1.29 is 19.4 Å². The zero-order valence-corrected chi connectivity index (χ0v) is 19.8. The van der Waals surface area contributed by atoms with Crippen LogP contribution in [0.2, 0.25) is 0 Å². The molecule has 2 aliphatic rings. The number of carboxylic acid groups (broad SMARTS) is 1. The fraction of sp³-hybridized carbons (Fsp3) is 0.500. The first-order chi connectivity index (χ1) is 16.5. The van der Waals surface area contributed by atoms with Gasteiger partial charge in [0.15, 0.2) is 0 Å². The second kappa shape index (κ2) is 11.3. The molecule has 0 radical (unpaired) electrons. The molecule has 1 aliphatic heterocycles. The van der Waals surface area contributed by atoms with E-state index in [1.807, 2.05) is 30.3 Å². The summed E-state index contributed by atoms with van der Waals surface area (Å²) in [5.74, 6) is 0.263. The first-order valence-corrected chi connectivity index (χ1v) is 12.1. The number of anilines is 2. The van der Waals surface area contributed by atoms with Gasteiger partial charge in [-0.3, -0.25) is 14.5 Å². The number of ether oxygens (including phenoxy) is 1. The van der Waals surface area contributed by atoms with Gasteiger partial charge in [-0.15, -0.1) is 0 Å². The SMILES string of the molecule is COc1ccccc1N1CCN(CCc2cccnc2NC(=O)C2CCC(C(=O)O)CC2)CC1. The lowest BCUT2D eigenvalue weighted by Crippen LogP contribution is -2.47. The molecule has 1 saturated heterocycles. The standard InChI is InChI=1S/C26H34N4O4/c1-34-23-7-3-2-6-22(23)30-17-15-29(16-18-30)14-12-19-5-4-13-27-24(19)28-25(31)20-8-10-21(11-9-20)26(32)33/h2-7,13,20-21H,8-12,14-18H2,1H3,(H,32,33)(H,27,28,31). The van der Waals surface area contributed by atoms with Crippen molar-refractivity contribution in [1.29, 1.82) is 0 Å². The van der Waals surface area contributed by atoms with E-state index in [0.717, 1.165) is 56.1 Å². The number of para-hydroxylation sites is 2. The van der Waals surface area contributed by atoms with Gasteiger partial charge in [-0.1, -0.05) is 18.2 Å². The molecule has 8 nitrogen and oxygen atoms in total. The summed E-state index contributed by atoms with van der Waals surface area (Å²) in [4.78, 5) is 33.2. The Hall–Kier alpha value is -3.13. The minimum atomic E-state index is -0.755. The van der Waals surface area contributed by atoms with Crippen LogP contribution in [0.5, 0.6) is 5.75 Å². The molecule has 4 rings (SSSR count). The third kappa shape index (κ3) is 5.86. The molecular weight excluding hydrogens is 432 g/mol. The molecule has 1 aromatic heterocycles. The maximum Gasteiger partial charge on any atom is 0.306 e. The molecule has 0 bridgehead atoms. The molecule has 1 amide bonds. The number of carbonyl (C=O) groups is 2. The zero-order valence-electron chi connectivity index (χ0n) is 19.8. The van der Waals surface area contributed by atoms with Crippen LogP contribution in [-0.4, -0.2) is 66.7 Å². The summed E-state index contributed by atoms with van der Waals surface area (Å²) in [6.45, 7) is 4.71. The first kappa shape index (κ1) is 24.0. The highest BCUT2D eigenvalue weighted by molar-refractivity contribution is 5.92. The quantitative estimate of drug-likeness (QED) is 0.616. The lowest BCUT2D eigenvalue weighted by Gasteiger charge is -2.36. The van der Waals surface area contributed by atoms with Crippen molar-refractivity contribution in [3.05, 3.63) is 48.2 Å². The fourth-order valence-electron chi connectivity index (χ4n) is 4.96. The Bertz CT molecular complexity index is 982. The molecule has 0 atom stereocenters. The third-order valence-electron chi connectivity index (χ3n) is 7.08. The van der Waals surface area contributed by atoms with E-state index < -0.39 is 5.97 Å². The summed E-state index contributed by atoms with van der Waals surface area (Å²) in [6.07, 6.45) is 4.85. The zero-order chi connectivity index (χ0) is 23.9. The van der Waals surface area contributed by atoms with E-state index in [2.05, 4.69) is 26.2 Å². The maximum atomic E-state index is 12.8. The monoisotopic (exact) mass is 466 g/mol. The highest BCUT2D eigenvalue weighted by atomic mass is 16.5. The summed E-state index contributed by atoms with van der Waals surface area (Å²) in [5.41, 5.74) is 2.17. The van der Waals surface area contributed by atoms with Gasteiger partial charge in [0.2, 0.25) is 5.91 Å². The van der Waals surface area contributed by atoms with Crippen LogP contribution in [0.4, 0.5) is 11.5 Å². The summed E-state index contributed by atoms with van der Waals surface area (Å²) in [5, 5.41) is 12.2. The van der Waals surface area contributed by atoms with Crippen molar-refractivity contribution in [2.75, 3.05) is 50.1 Å². The number of benzene rings is 1. The van der Waals surface area contributed by atoms with Gasteiger partial charge >= 0.3 is 5.97 Å².